The highest BCUT2D eigenvalue weighted by atomic mass is 19.1. The van der Waals surface area contributed by atoms with Gasteiger partial charge in [-0.3, -0.25) is 4.98 Å². The summed E-state index contributed by atoms with van der Waals surface area (Å²) in [5.74, 6) is -0.0537. The number of aryl methyl sites for hydroxylation is 1. The maximum Gasteiger partial charge on any atom is 0.126 e. The molecule has 1 heterocycles. The number of aromatic nitrogens is 1. The van der Waals surface area contributed by atoms with E-state index in [2.05, 4.69) is 84.0 Å². The molecule has 164 valence electrons. The van der Waals surface area contributed by atoms with Crippen LogP contribution in [0.15, 0.2) is 66.7 Å². The molecule has 32 heavy (non-hydrogen) atoms. The fourth-order valence-electron chi connectivity index (χ4n) is 4.46. The molecule has 1 unspecified atom stereocenters. The Kier molecular flexibility index (Phi) is 5.90. The summed E-state index contributed by atoms with van der Waals surface area (Å²) in [4.78, 5) is 4.84. The highest BCUT2D eigenvalue weighted by Crippen LogP contribution is 2.33. The zero-order valence-corrected chi connectivity index (χ0v) is 20.0. The minimum atomic E-state index is -0.132. The first-order valence-electron chi connectivity index (χ1n) is 11.4. The molecule has 3 aromatic carbocycles. The maximum absolute atomic E-state index is 14.4. The van der Waals surface area contributed by atoms with Crippen molar-refractivity contribution in [2.75, 3.05) is 0 Å². The first kappa shape index (κ1) is 22.2. The van der Waals surface area contributed by atoms with Gasteiger partial charge < -0.3 is 0 Å². The third-order valence-corrected chi connectivity index (χ3v) is 6.64. The second-order valence-corrected chi connectivity index (χ2v) is 9.99. The van der Waals surface area contributed by atoms with Gasteiger partial charge in [-0.2, -0.15) is 0 Å². The molecule has 0 fully saturated rings. The first-order chi connectivity index (χ1) is 15.1. The highest BCUT2D eigenvalue weighted by molar-refractivity contribution is 5.88. The lowest BCUT2D eigenvalue weighted by molar-refractivity contribution is 0.587. The molecule has 0 aliphatic carbocycles. The van der Waals surface area contributed by atoms with Crippen LogP contribution in [0.3, 0.4) is 0 Å². The van der Waals surface area contributed by atoms with Crippen LogP contribution in [0, 0.1) is 19.7 Å². The SMILES string of the molecule is Cc1nc2ccc(-c3ccc(C(C)(C)C)cc3)cc2c(CC(C)c2ccccc2F)c1C. The number of hydrogen-bond acceptors (Lipinski definition) is 1. The topological polar surface area (TPSA) is 12.9 Å². The Balaban J connectivity index is 1.79. The Morgan fingerprint density at radius 2 is 1.53 bits per heavy atom. The lowest BCUT2D eigenvalue weighted by atomic mass is 9.86. The Morgan fingerprint density at radius 1 is 0.875 bits per heavy atom. The third kappa shape index (κ3) is 4.32. The van der Waals surface area contributed by atoms with Crippen LogP contribution in [0.1, 0.15) is 61.6 Å². The van der Waals surface area contributed by atoms with Crippen LogP contribution in [0.25, 0.3) is 22.0 Å². The monoisotopic (exact) mass is 425 g/mol. The van der Waals surface area contributed by atoms with Gasteiger partial charge >= 0.3 is 0 Å². The van der Waals surface area contributed by atoms with Crippen LogP contribution in [0.5, 0.6) is 0 Å². The average molecular weight is 426 g/mol. The Bertz CT molecular complexity index is 1260. The predicted molar refractivity (Wildman–Crippen MR) is 134 cm³/mol. The van der Waals surface area contributed by atoms with Gasteiger partial charge in [0.2, 0.25) is 0 Å². The van der Waals surface area contributed by atoms with Crippen molar-refractivity contribution < 1.29 is 4.39 Å². The largest absolute Gasteiger partial charge is 0.253 e. The van der Waals surface area contributed by atoms with Gasteiger partial charge in [-0.05, 0) is 83.2 Å². The van der Waals surface area contributed by atoms with E-state index in [-0.39, 0.29) is 17.2 Å². The highest BCUT2D eigenvalue weighted by Gasteiger charge is 2.17. The quantitative estimate of drug-likeness (QED) is 0.320. The summed E-state index contributed by atoms with van der Waals surface area (Å²) in [5.41, 5.74) is 9.11. The molecule has 0 saturated carbocycles. The normalized spacial score (nSPS) is 12.8. The van der Waals surface area contributed by atoms with Crippen molar-refractivity contribution in [2.45, 2.75) is 59.3 Å². The number of halogens is 1. The number of fused-ring (bicyclic) bond motifs is 1. The van der Waals surface area contributed by atoms with E-state index in [4.69, 9.17) is 4.98 Å². The lowest BCUT2D eigenvalue weighted by Crippen LogP contribution is -2.10. The van der Waals surface area contributed by atoms with Crippen LogP contribution in [0.4, 0.5) is 4.39 Å². The summed E-state index contributed by atoms with van der Waals surface area (Å²) in [6.45, 7) is 13.0. The van der Waals surface area contributed by atoms with Gasteiger partial charge in [-0.1, -0.05) is 76.2 Å². The molecule has 0 saturated heterocycles. The van der Waals surface area contributed by atoms with E-state index in [1.165, 1.54) is 27.8 Å². The van der Waals surface area contributed by atoms with Gasteiger partial charge in [0.15, 0.2) is 0 Å². The van der Waals surface area contributed by atoms with Gasteiger partial charge in [-0.25, -0.2) is 4.39 Å². The van der Waals surface area contributed by atoms with Gasteiger partial charge in [0, 0.05) is 11.1 Å². The molecule has 1 aromatic heterocycles. The Labute approximate surface area is 191 Å². The summed E-state index contributed by atoms with van der Waals surface area (Å²) in [6.07, 6.45) is 0.777. The van der Waals surface area contributed by atoms with Crippen LogP contribution in [-0.2, 0) is 11.8 Å². The van der Waals surface area contributed by atoms with Gasteiger partial charge in [0.05, 0.1) is 5.52 Å². The van der Waals surface area contributed by atoms with Crippen molar-refractivity contribution in [2.24, 2.45) is 0 Å². The lowest BCUT2D eigenvalue weighted by Gasteiger charge is -2.20. The number of pyridine rings is 1. The fourth-order valence-corrected chi connectivity index (χ4v) is 4.46. The van der Waals surface area contributed by atoms with Crippen LogP contribution in [-0.4, -0.2) is 4.98 Å². The summed E-state index contributed by atoms with van der Waals surface area (Å²) in [7, 11) is 0. The van der Waals surface area contributed by atoms with Gasteiger partial charge in [0.1, 0.15) is 5.82 Å². The van der Waals surface area contributed by atoms with Crippen molar-refractivity contribution in [3.05, 3.63) is 100 Å². The molecule has 0 aliphatic rings. The van der Waals surface area contributed by atoms with Crippen molar-refractivity contribution in [3.8, 4) is 11.1 Å². The number of rotatable bonds is 4. The van der Waals surface area contributed by atoms with Crippen LogP contribution >= 0.6 is 0 Å². The molecule has 0 spiro atoms. The van der Waals surface area contributed by atoms with E-state index < -0.39 is 0 Å². The Morgan fingerprint density at radius 3 is 2.19 bits per heavy atom. The molecule has 4 aromatic rings. The molecule has 4 rings (SSSR count). The summed E-state index contributed by atoms with van der Waals surface area (Å²) >= 11 is 0. The standard InChI is InChI=1S/C30H32FN/c1-19(25-9-7-8-10-28(25)31)17-26-20(2)21(3)32-29-16-13-23(18-27(26)29)22-11-14-24(15-12-22)30(4,5)6/h7-16,18-19H,17H2,1-6H3. The molecule has 2 heteroatoms. The zero-order valence-electron chi connectivity index (χ0n) is 20.0. The molecule has 0 radical (unpaired) electrons. The fraction of sp³-hybridized carbons (Fsp3) is 0.300. The predicted octanol–water partition coefficient (Wildman–Crippen LogP) is 8.30. The van der Waals surface area contributed by atoms with E-state index in [0.717, 1.165) is 28.6 Å². The summed E-state index contributed by atoms with van der Waals surface area (Å²) < 4.78 is 14.4. The number of nitrogens with zero attached hydrogens (tertiary/aromatic N) is 1. The maximum atomic E-state index is 14.4. The van der Waals surface area contributed by atoms with Crippen molar-refractivity contribution in [1.29, 1.82) is 0 Å². The molecule has 0 amide bonds. The number of benzene rings is 3. The van der Waals surface area contributed by atoms with Crippen molar-refractivity contribution >= 4 is 10.9 Å². The second-order valence-electron chi connectivity index (χ2n) is 9.99. The summed E-state index contributed by atoms with van der Waals surface area (Å²) in [6, 6.07) is 22.5. The second kappa shape index (κ2) is 8.50. The van der Waals surface area contributed by atoms with E-state index in [9.17, 15) is 4.39 Å². The minimum absolute atomic E-state index is 0.0784. The van der Waals surface area contributed by atoms with Crippen molar-refractivity contribution in [3.63, 3.8) is 0 Å². The number of hydrogen-bond donors (Lipinski definition) is 0. The van der Waals surface area contributed by atoms with Crippen molar-refractivity contribution in [1.82, 2.24) is 4.98 Å². The van der Waals surface area contributed by atoms with E-state index >= 15 is 0 Å². The average Bonchev–Trinajstić information content (AvgIpc) is 2.76. The molecule has 0 bridgehead atoms. The first-order valence-corrected chi connectivity index (χ1v) is 11.4. The van der Waals surface area contributed by atoms with Gasteiger partial charge in [-0.15, -0.1) is 0 Å². The smallest absolute Gasteiger partial charge is 0.126 e. The zero-order chi connectivity index (χ0) is 23.0. The van der Waals surface area contributed by atoms with E-state index in [1.807, 2.05) is 12.1 Å². The molecular weight excluding hydrogens is 393 g/mol. The summed E-state index contributed by atoms with van der Waals surface area (Å²) in [5, 5.41) is 1.16. The third-order valence-electron chi connectivity index (χ3n) is 6.64. The minimum Gasteiger partial charge on any atom is -0.253 e. The van der Waals surface area contributed by atoms with E-state index in [0.29, 0.717) is 0 Å². The molecular formula is C30H32FN. The van der Waals surface area contributed by atoms with Crippen LogP contribution in [0.2, 0.25) is 0 Å². The van der Waals surface area contributed by atoms with Crippen LogP contribution < -0.4 is 0 Å². The molecule has 1 nitrogen and oxygen atoms in total. The molecule has 0 aliphatic heterocycles. The Hall–Kier alpha value is -3.00. The van der Waals surface area contributed by atoms with E-state index in [1.54, 1.807) is 12.1 Å². The van der Waals surface area contributed by atoms with Gasteiger partial charge in [0.25, 0.3) is 0 Å². The molecule has 0 N–H and O–H groups in total. The molecule has 1 atom stereocenters.